The molecule has 2 aromatic carbocycles. The van der Waals surface area contributed by atoms with E-state index in [-0.39, 0.29) is 18.1 Å². The van der Waals surface area contributed by atoms with Gasteiger partial charge in [0.15, 0.2) is 0 Å². The molecule has 0 heterocycles. The van der Waals surface area contributed by atoms with E-state index in [1.807, 2.05) is 0 Å². The van der Waals surface area contributed by atoms with Gasteiger partial charge in [0, 0.05) is 5.69 Å². The molecule has 0 atom stereocenters. The third kappa shape index (κ3) is 3.71. The van der Waals surface area contributed by atoms with Gasteiger partial charge in [-0.2, -0.15) is 0 Å². The van der Waals surface area contributed by atoms with Crippen molar-refractivity contribution in [3.63, 3.8) is 0 Å². The zero-order valence-electron chi connectivity index (χ0n) is 10.7. The van der Waals surface area contributed by atoms with Crippen molar-refractivity contribution >= 4 is 34.8 Å². The molecule has 0 spiro atoms. The number of amides is 1. The standard InChI is InChI=1S/C15H12Cl2FNO/c1-9-2-4-11(18)8-14(9)19-15(20)7-10-3-5-12(16)13(17)6-10/h2-6,8H,7H2,1H3,(H,19,20). The Morgan fingerprint density at radius 1 is 1.15 bits per heavy atom. The maximum absolute atomic E-state index is 13.1. The van der Waals surface area contributed by atoms with Gasteiger partial charge >= 0.3 is 0 Å². The number of benzene rings is 2. The van der Waals surface area contributed by atoms with E-state index in [4.69, 9.17) is 23.2 Å². The molecule has 0 aliphatic rings. The van der Waals surface area contributed by atoms with Crippen LogP contribution in [-0.4, -0.2) is 5.91 Å². The zero-order chi connectivity index (χ0) is 14.7. The Morgan fingerprint density at radius 2 is 1.90 bits per heavy atom. The fourth-order valence-corrected chi connectivity index (χ4v) is 2.08. The minimum atomic E-state index is -0.388. The van der Waals surface area contributed by atoms with E-state index in [1.54, 1.807) is 31.2 Å². The lowest BCUT2D eigenvalue weighted by molar-refractivity contribution is -0.115. The van der Waals surface area contributed by atoms with Crippen molar-refractivity contribution < 1.29 is 9.18 Å². The van der Waals surface area contributed by atoms with E-state index in [2.05, 4.69) is 5.32 Å². The number of hydrogen-bond acceptors (Lipinski definition) is 1. The van der Waals surface area contributed by atoms with Crippen LogP contribution in [0.2, 0.25) is 10.0 Å². The number of aryl methyl sites for hydroxylation is 1. The highest BCUT2D eigenvalue weighted by Gasteiger charge is 2.08. The van der Waals surface area contributed by atoms with Crippen molar-refractivity contribution in [3.05, 3.63) is 63.4 Å². The monoisotopic (exact) mass is 311 g/mol. The quantitative estimate of drug-likeness (QED) is 0.880. The largest absolute Gasteiger partial charge is 0.325 e. The summed E-state index contributed by atoms with van der Waals surface area (Å²) in [6.45, 7) is 1.80. The van der Waals surface area contributed by atoms with Gasteiger partial charge < -0.3 is 5.32 Å². The Bertz CT molecular complexity index is 658. The number of rotatable bonds is 3. The van der Waals surface area contributed by atoms with Gasteiger partial charge in [-0.15, -0.1) is 0 Å². The summed E-state index contributed by atoms with van der Waals surface area (Å²) in [7, 11) is 0. The average molecular weight is 312 g/mol. The van der Waals surface area contributed by atoms with E-state index in [1.165, 1.54) is 12.1 Å². The number of carbonyl (C=O) groups excluding carboxylic acids is 1. The second kappa shape index (κ2) is 6.25. The van der Waals surface area contributed by atoms with Gasteiger partial charge in [-0.25, -0.2) is 4.39 Å². The highest BCUT2D eigenvalue weighted by atomic mass is 35.5. The Kier molecular flexibility index (Phi) is 4.63. The molecule has 0 aliphatic carbocycles. The smallest absolute Gasteiger partial charge is 0.228 e. The van der Waals surface area contributed by atoms with Gasteiger partial charge in [-0.3, -0.25) is 4.79 Å². The number of nitrogens with one attached hydrogen (secondary N) is 1. The molecular weight excluding hydrogens is 300 g/mol. The molecule has 0 bridgehead atoms. The van der Waals surface area contributed by atoms with Crippen LogP contribution < -0.4 is 5.32 Å². The predicted molar refractivity (Wildman–Crippen MR) is 79.9 cm³/mol. The van der Waals surface area contributed by atoms with E-state index >= 15 is 0 Å². The third-order valence-electron chi connectivity index (χ3n) is 2.82. The van der Waals surface area contributed by atoms with Crippen LogP contribution in [0, 0.1) is 12.7 Å². The Balaban J connectivity index is 2.09. The minimum Gasteiger partial charge on any atom is -0.325 e. The van der Waals surface area contributed by atoms with Crippen molar-refractivity contribution in [2.45, 2.75) is 13.3 Å². The number of carbonyl (C=O) groups is 1. The van der Waals surface area contributed by atoms with Crippen LogP contribution in [0.25, 0.3) is 0 Å². The highest BCUT2D eigenvalue weighted by Crippen LogP contribution is 2.23. The molecule has 0 unspecified atom stereocenters. The zero-order valence-corrected chi connectivity index (χ0v) is 12.2. The lowest BCUT2D eigenvalue weighted by Gasteiger charge is -2.09. The first-order valence-electron chi connectivity index (χ1n) is 5.95. The number of anilines is 1. The summed E-state index contributed by atoms with van der Waals surface area (Å²) in [5.41, 5.74) is 2.01. The van der Waals surface area contributed by atoms with Crippen LogP contribution >= 0.6 is 23.2 Å². The maximum Gasteiger partial charge on any atom is 0.228 e. The normalized spacial score (nSPS) is 10.4. The topological polar surface area (TPSA) is 29.1 Å². The maximum atomic E-state index is 13.1. The van der Waals surface area contributed by atoms with Gasteiger partial charge in [-0.1, -0.05) is 35.3 Å². The summed E-state index contributed by atoms with van der Waals surface area (Å²) in [5.74, 6) is -0.627. The molecule has 2 rings (SSSR count). The van der Waals surface area contributed by atoms with Crippen LogP contribution in [-0.2, 0) is 11.2 Å². The first-order chi connectivity index (χ1) is 9.45. The van der Waals surface area contributed by atoms with Gasteiger partial charge in [0.25, 0.3) is 0 Å². The first kappa shape index (κ1) is 14.8. The third-order valence-corrected chi connectivity index (χ3v) is 3.56. The van der Waals surface area contributed by atoms with Crippen molar-refractivity contribution in [3.8, 4) is 0 Å². The summed E-state index contributed by atoms with van der Waals surface area (Å²) in [4.78, 5) is 11.9. The van der Waals surface area contributed by atoms with E-state index in [9.17, 15) is 9.18 Å². The Labute approximate surface area is 126 Å². The molecule has 104 valence electrons. The van der Waals surface area contributed by atoms with Crippen molar-refractivity contribution in [2.24, 2.45) is 0 Å². The first-order valence-corrected chi connectivity index (χ1v) is 6.71. The van der Waals surface area contributed by atoms with Crippen LogP contribution in [0.15, 0.2) is 36.4 Å². The summed E-state index contributed by atoms with van der Waals surface area (Å²) in [6, 6.07) is 9.27. The molecule has 0 saturated carbocycles. The fourth-order valence-electron chi connectivity index (χ4n) is 1.76. The van der Waals surface area contributed by atoms with Crippen molar-refractivity contribution in [1.82, 2.24) is 0 Å². The lowest BCUT2D eigenvalue weighted by atomic mass is 10.1. The molecular formula is C15H12Cl2FNO. The molecule has 0 saturated heterocycles. The van der Waals surface area contributed by atoms with Gasteiger partial charge in [0.1, 0.15) is 5.82 Å². The number of halogens is 3. The SMILES string of the molecule is Cc1ccc(F)cc1NC(=O)Cc1ccc(Cl)c(Cl)c1. The molecule has 0 radical (unpaired) electrons. The van der Waals surface area contributed by atoms with Crippen molar-refractivity contribution in [2.75, 3.05) is 5.32 Å². The van der Waals surface area contributed by atoms with Gasteiger partial charge in [0.2, 0.25) is 5.91 Å². The molecule has 1 N–H and O–H groups in total. The fraction of sp³-hybridized carbons (Fsp3) is 0.133. The van der Waals surface area contributed by atoms with Crippen LogP contribution in [0.4, 0.5) is 10.1 Å². The molecule has 2 aromatic rings. The van der Waals surface area contributed by atoms with E-state index in [0.717, 1.165) is 11.1 Å². The molecule has 0 fully saturated rings. The van der Waals surface area contributed by atoms with Crippen LogP contribution in [0.1, 0.15) is 11.1 Å². The summed E-state index contributed by atoms with van der Waals surface area (Å²) < 4.78 is 13.1. The second-order valence-electron chi connectivity index (χ2n) is 4.43. The van der Waals surface area contributed by atoms with Crippen LogP contribution in [0.3, 0.4) is 0 Å². The average Bonchev–Trinajstić information content (AvgIpc) is 2.38. The minimum absolute atomic E-state index is 0.146. The molecule has 5 heteroatoms. The molecule has 0 aliphatic heterocycles. The second-order valence-corrected chi connectivity index (χ2v) is 5.25. The summed E-state index contributed by atoms with van der Waals surface area (Å²) >= 11 is 11.7. The van der Waals surface area contributed by atoms with Gasteiger partial charge in [-0.05, 0) is 42.3 Å². The molecule has 1 amide bonds. The molecule has 20 heavy (non-hydrogen) atoms. The highest BCUT2D eigenvalue weighted by molar-refractivity contribution is 6.42. The van der Waals surface area contributed by atoms with E-state index < -0.39 is 0 Å². The lowest BCUT2D eigenvalue weighted by Crippen LogP contribution is -2.15. The Morgan fingerprint density at radius 3 is 2.60 bits per heavy atom. The van der Waals surface area contributed by atoms with Crippen LogP contribution in [0.5, 0.6) is 0 Å². The molecule has 0 aromatic heterocycles. The summed E-state index contributed by atoms with van der Waals surface area (Å²) in [5, 5.41) is 3.52. The predicted octanol–water partition coefficient (Wildman–Crippen LogP) is 4.62. The summed E-state index contributed by atoms with van der Waals surface area (Å²) in [6.07, 6.45) is 0.146. The molecule has 2 nitrogen and oxygen atoms in total. The number of hydrogen-bond donors (Lipinski definition) is 1. The Hall–Kier alpha value is -1.58. The van der Waals surface area contributed by atoms with Gasteiger partial charge in [0.05, 0.1) is 16.5 Å². The van der Waals surface area contributed by atoms with Crippen molar-refractivity contribution in [1.29, 1.82) is 0 Å². The van der Waals surface area contributed by atoms with E-state index in [0.29, 0.717) is 15.7 Å².